The van der Waals surface area contributed by atoms with Gasteiger partial charge < -0.3 is 14.6 Å². The number of carbonyl (C=O) groups excluding carboxylic acids is 1. The molecule has 1 aromatic carbocycles. The molecule has 2 fully saturated rings. The third-order valence-electron chi connectivity index (χ3n) is 6.60. The average Bonchev–Trinajstić information content (AvgIpc) is 3.16. The van der Waals surface area contributed by atoms with Crippen molar-refractivity contribution >= 4 is 16.9 Å². The zero-order chi connectivity index (χ0) is 21.8. The number of nitrogens with one attached hydrogen (secondary N) is 1. The summed E-state index contributed by atoms with van der Waals surface area (Å²) in [6.45, 7) is 2.90. The molecule has 1 unspecified atom stereocenters. The normalized spacial score (nSPS) is 21.2. The number of fused-ring (bicyclic) bond motifs is 1. The molecule has 0 radical (unpaired) electrons. The summed E-state index contributed by atoms with van der Waals surface area (Å²) in [6, 6.07) is 12.3. The van der Waals surface area contributed by atoms with E-state index in [1.54, 1.807) is 12.4 Å². The van der Waals surface area contributed by atoms with Crippen molar-refractivity contribution in [2.75, 3.05) is 19.6 Å². The molecule has 0 spiro atoms. The summed E-state index contributed by atoms with van der Waals surface area (Å²) in [6.07, 6.45) is 9.44. The maximum absolute atomic E-state index is 13.3. The fourth-order valence-electron chi connectivity index (χ4n) is 4.97. The van der Waals surface area contributed by atoms with Crippen molar-refractivity contribution in [3.63, 3.8) is 0 Å². The lowest BCUT2D eigenvalue weighted by molar-refractivity contribution is -0.135. The molecular formula is C25H31N5O2. The molecule has 1 saturated heterocycles. The first kappa shape index (κ1) is 21.1. The Labute approximate surface area is 188 Å². The van der Waals surface area contributed by atoms with Crippen molar-refractivity contribution in [1.29, 1.82) is 0 Å². The molecule has 3 aromatic rings. The van der Waals surface area contributed by atoms with Gasteiger partial charge in [0.05, 0.1) is 36.8 Å². The van der Waals surface area contributed by atoms with E-state index in [-0.39, 0.29) is 12.0 Å². The number of ether oxygens (including phenoxy) is 1. The summed E-state index contributed by atoms with van der Waals surface area (Å²) in [5, 5.41) is 0. The summed E-state index contributed by atoms with van der Waals surface area (Å²) < 4.78 is 6.35. The van der Waals surface area contributed by atoms with E-state index in [4.69, 9.17) is 9.72 Å². The Morgan fingerprint density at radius 1 is 1.03 bits per heavy atom. The van der Waals surface area contributed by atoms with Crippen LogP contribution in [0.4, 0.5) is 0 Å². The Morgan fingerprint density at radius 3 is 2.66 bits per heavy atom. The van der Waals surface area contributed by atoms with Crippen LogP contribution < -0.4 is 0 Å². The molecule has 32 heavy (non-hydrogen) atoms. The summed E-state index contributed by atoms with van der Waals surface area (Å²) in [4.78, 5) is 29.8. The minimum atomic E-state index is -0.0408. The van der Waals surface area contributed by atoms with Crippen LogP contribution in [0.1, 0.15) is 43.5 Å². The number of carbonyl (C=O) groups is 1. The van der Waals surface area contributed by atoms with Crippen LogP contribution in [0.25, 0.3) is 11.0 Å². The summed E-state index contributed by atoms with van der Waals surface area (Å²) in [5.74, 6) is 1.10. The predicted octanol–water partition coefficient (Wildman–Crippen LogP) is 3.52. The predicted molar refractivity (Wildman–Crippen MR) is 123 cm³/mol. The second-order valence-electron chi connectivity index (χ2n) is 9.00. The molecule has 1 N–H and O–H groups in total. The van der Waals surface area contributed by atoms with Gasteiger partial charge in [0.25, 0.3) is 0 Å². The van der Waals surface area contributed by atoms with E-state index >= 15 is 0 Å². The fraction of sp³-hybridized carbons (Fsp3) is 0.480. The highest BCUT2D eigenvalue weighted by molar-refractivity contribution is 5.79. The molecule has 1 atom stereocenters. The van der Waals surface area contributed by atoms with Crippen LogP contribution in [0.15, 0.2) is 48.8 Å². The molecule has 1 amide bonds. The van der Waals surface area contributed by atoms with E-state index in [1.807, 2.05) is 36.4 Å². The SMILES string of the molecule is O=C1CN(Cc2nc3ccccc3[nH]2)CC(OCc2ccncc2)CN1C1CCCCC1. The number of rotatable bonds is 6. The van der Waals surface area contributed by atoms with Crippen molar-refractivity contribution in [3.05, 3.63) is 60.2 Å². The van der Waals surface area contributed by atoms with E-state index in [0.717, 1.165) is 35.3 Å². The highest BCUT2D eigenvalue weighted by Gasteiger charge is 2.33. The molecule has 168 valence electrons. The van der Waals surface area contributed by atoms with Gasteiger partial charge in [0.2, 0.25) is 5.91 Å². The third-order valence-corrected chi connectivity index (χ3v) is 6.60. The number of hydrogen-bond acceptors (Lipinski definition) is 5. The average molecular weight is 434 g/mol. The molecular weight excluding hydrogens is 402 g/mol. The number of hydrogen-bond donors (Lipinski definition) is 1. The number of imidazole rings is 1. The Morgan fingerprint density at radius 2 is 1.84 bits per heavy atom. The van der Waals surface area contributed by atoms with Gasteiger partial charge in [-0.05, 0) is 42.7 Å². The quantitative estimate of drug-likeness (QED) is 0.644. The fourth-order valence-corrected chi connectivity index (χ4v) is 4.97. The van der Waals surface area contributed by atoms with Crippen molar-refractivity contribution < 1.29 is 9.53 Å². The van der Waals surface area contributed by atoms with Crippen molar-refractivity contribution in [2.24, 2.45) is 0 Å². The Kier molecular flexibility index (Phi) is 6.46. The number of aromatic nitrogens is 3. The Hall–Kier alpha value is -2.77. The first-order chi connectivity index (χ1) is 15.7. The number of pyridine rings is 1. The molecule has 2 aliphatic rings. The lowest BCUT2D eigenvalue weighted by atomic mass is 9.94. The van der Waals surface area contributed by atoms with E-state index in [2.05, 4.69) is 19.8 Å². The van der Waals surface area contributed by atoms with Crippen LogP contribution >= 0.6 is 0 Å². The molecule has 1 aliphatic carbocycles. The number of H-pyrrole nitrogens is 1. The molecule has 1 aliphatic heterocycles. The minimum absolute atomic E-state index is 0.0408. The van der Waals surface area contributed by atoms with Crippen molar-refractivity contribution in [2.45, 2.75) is 57.4 Å². The zero-order valence-electron chi connectivity index (χ0n) is 18.4. The second kappa shape index (κ2) is 9.79. The molecule has 7 heteroatoms. The van der Waals surface area contributed by atoms with Gasteiger partial charge >= 0.3 is 0 Å². The van der Waals surface area contributed by atoms with Gasteiger partial charge in [-0.2, -0.15) is 0 Å². The highest BCUT2D eigenvalue weighted by Crippen LogP contribution is 2.25. The van der Waals surface area contributed by atoms with Gasteiger partial charge in [-0.15, -0.1) is 0 Å². The number of nitrogens with zero attached hydrogens (tertiary/aromatic N) is 4. The molecule has 3 heterocycles. The minimum Gasteiger partial charge on any atom is -0.370 e. The molecule has 0 bridgehead atoms. The van der Waals surface area contributed by atoms with Gasteiger partial charge in [0.1, 0.15) is 5.82 Å². The summed E-state index contributed by atoms with van der Waals surface area (Å²) in [7, 11) is 0. The van der Waals surface area contributed by atoms with Gasteiger partial charge in [-0.25, -0.2) is 4.98 Å². The van der Waals surface area contributed by atoms with Crippen LogP contribution in [0.2, 0.25) is 0 Å². The number of benzene rings is 1. The largest absolute Gasteiger partial charge is 0.370 e. The van der Waals surface area contributed by atoms with Gasteiger partial charge in [0.15, 0.2) is 0 Å². The summed E-state index contributed by atoms with van der Waals surface area (Å²) >= 11 is 0. The monoisotopic (exact) mass is 433 g/mol. The van der Waals surface area contributed by atoms with Crippen LogP contribution in [-0.2, 0) is 22.7 Å². The van der Waals surface area contributed by atoms with Crippen LogP contribution in [-0.4, -0.2) is 62.4 Å². The smallest absolute Gasteiger partial charge is 0.237 e. The molecule has 5 rings (SSSR count). The molecule has 7 nitrogen and oxygen atoms in total. The highest BCUT2D eigenvalue weighted by atomic mass is 16.5. The van der Waals surface area contributed by atoms with E-state index < -0.39 is 0 Å². The lowest BCUT2D eigenvalue weighted by Gasteiger charge is -2.35. The number of aromatic amines is 1. The number of amides is 1. The van der Waals surface area contributed by atoms with Crippen LogP contribution in [0.3, 0.4) is 0 Å². The first-order valence-electron chi connectivity index (χ1n) is 11.7. The second-order valence-corrected chi connectivity index (χ2v) is 9.00. The van der Waals surface area contributed by atoms with Gasteiger partial charge in [0, 0.05) is 31.5 Å². The van der Waals surface area contributed by atoms with Crippen LogP contribution in [0.5, 0.6) is 0 Å². The number of para-hydroxylation sites is 2. The van der Waals surface area contributed by atoms with E-state index in [0.29, 0.717) is 38.8 Å². The first-order valence-corrected chi connectivity index (χ1v) is 11.7. The third kappa shape index (κ3) is 5.00. The Balaban J connectivity index is 1.32. The van der Waals surface area contributed by atoms with E-state index in [9.17, 15) is 4.79 Å². The molecule has 2 aromatic heterocycles. The standard InChI is InChI=1S/C25H31N5O2/c31-25-17-29(16-24-27-22-8-4-5-9-23(22)28-24)14-21(32-18-19-10-12-26-13-11-19)15-30(25)20-6-2-1-3-7-20/h4-5,8-13,20-21H,1-3,6-7,14-18H2,(H,27,28). The van der Waals surface area contributed by atoms with Crippen LogP contribution in [0, 0.1) is 0 Å². The van der Waals surface area contributed by atoms with Crippen molar-refractivity contribution in [3.8, 4) is 0 Å². The Bertz CT molecular complexity index is 998. The lowest BCUT2D eigenvalue weighted by Crippen LogP contribution is -2.45. The zero-order valence-corrected chi connectivity index (χ0v) is 18.4. The maximum atomic E-state index is 13.3. The topological polar surface area (TPSA) is 74.3 Å². The maximum Gasteiger partial charge on any atom is 0.237 e. The van der Waals surface area contributed by atoms with Gasteiger partial charge in [-0.1, -0.05) is 31.4 Å². The summed E-state index contributed by atoms with van der Waals surface area (Å²) in [5.41, 5.74) is 3.08. The van der Waals surface area contributed by atoms with Crippen molar-refractivity contribution in [1.82, 2.24) is 24.8 Å². The molecule has 1 saturated carbocycles. The van der Waals surface area contributed by atoms with E-state index in [1.165, 1.54) is 19.3 Å². The van der Waals surface area contributed by atoms with Gasteiger partial charge in [-0.3, -0.25) is 14.7 Å².